The molecule has 0 bridgehead atoms. The van der Waals surface area contributed by atoms with Crippen molar-refractivity contribution in [3.8, 4) is 0 Å². The van der Waals surface area contributed by atoms with Gasteiger partial charge in [-0.1, -0.05) is 271 Å². The molecular weight excluding hydrogens is 913 g/mol. The Labute approximate surface area is 482 Å². The van der Waals surface area contributed by atoms with Gasteiger partial charge in [0, 0.05) is 13.7 Å². The fourth-order valence-electron chi connectivity index (χ4n) is 7.40. The van der Waals surface area contributed by atoms with E-state index in [1.54, 1.807) is 0 Å². The van der Waals surface area contributed by atoms with Crippen LogP contribution in [-0.4, -0.2) is 0 Å². The zero-order chi connectivity index (χ0) is 66.1. The molecule has 0 heteroatoms. The van der Waals surface area contributed by atoms with Gasteiger partial charge < -0.3 is 0 Å². The molecule has 0 spiro atoms. The largest absolute Gasteiger partial charge is 0.0651 e. The van der Waals surface area contributed by atoms with E-state index in [2.05, 4.69) is 290 Å². The average Bonchev–Trinajstić information content (AvgIpc) is 0.734. The minimum absolute atomic E-state index is 0.116. The summed E-state index contributed by atoms with van der Waals surface area (Å²) in [4.78, 5) is 0. The van der Waals surface area contributed by atoms with E-state index in [1.807, 2.05) is 18.2 Å². The van der Waals surface area contributed by atoms with Crippen LogP contribution in [0, 0.1) is 144 Å². The monoisotopic (exact) mass is 1030 g/mol. The number of hydrogen-bond donors (Lipinski definition) is 0. The van der Waals surface area contributed by atoms with E-state index in [1.165, 1.54) is 118 Å². The molecule has 1 aliphatic rings. The maximum Gasteiger partial charge on any atom is 0.0269 e. The van der Waals surface area contributed by atoms with E-state index in [0.717, 1.165) is 0 Å². The summed E-state index contributed by atoms with van der Waals surface area (Å²) in [5.41, 5.74) is 27.3. The third-order valence-corrected chi connectivity index (χ3v) is 12.8. The molecule has 0 amide bonds. The Bertz CT molecular complexity index is 3100. The summed E-state index contributed by atoms with van der Waals surface area (Å²) in [6, 6.07) is 59.4. The molecule has 1 aliphatic carbocycles. The number of rotatable bonds is 1. The summed E-state index contributed by atoms with van der Waals surface area (Å²) in [5.74, 6) is -1.56. The molecular formula is C76H104. The van der Waals surface area contributed by atoms with Gasteiger partial charge in [0.05, 0.1) is 0 Å². The van der Waals surface area contributed by atoms with E-state index in [4.69, 9.17) is 13.7 Å². The molecule has 0 aromatic heterocycles. The zero-order valence-corrected chi connectivity index (χ0v) is 51.0. The van der Waals surface area contributed by atoms with Crippen molar-refractivity contribution in [3.05, 3.63) is 281 Å². The second-order valence-electron chi connectivity index (χ2n) is 20.5. The lowest BCUT2D eigenvalue weighted by molar-refractivity contribution is 0.349. The average molecular weight is 1030 g/mol. The van der Waals surface area contributed by atoms with E-state index in [0.29, 0.717) is 0 Å². The molecule has 8 aromatic carbocycles. The zero-order valence-electron chi connectivity index (χ0n) is 61.0. The summed E-state index contributed by atoms with van der Waals surface area (Å²) in [6.45, 7) is 44.0. The topological polar surface area (TPSA) is 0 Å². The molecule has 0 saturated heterocycles. The Morgan fingerprint density at radius 3 is 0.882 bits per heavy atom. The van der Waals surface area contributed by atoms with Gasteiger partial charge in [0.2, 0.25) is 0 Å². The van der Waals surface area contributed by atoms with Gasteiger partial charge in [0.15, 0.2) is 0 Å². The van der Waals surface area contributed by atoms with E-state index >= 15 is 0 Å². The fourth-order valence-corrected chi connectivity index (χ4v) is 7.40. The van der Waals surface area contributed by atoms with E-state index in [-0.39, 0.29) is 6.42 Å². The van der Waals surface area contributed by atoms with Crippen LogP contribution in [0.2, 0.25) is 0 Å². The Kier molecular flexibility index (Phi) is 26.1. The van der Waals surface area contributed by atoms with Crippen molar-refractivity contribution in [3.63, 3.8) is 0 Å². The van der Waals surface area contributed by atoms with Crippen LogP contribution in [0.3, 0.4) is 0 Å². The van der Waals surface area contributed by atoms with E-state index in [9.17, 15) is 0 Å². The normalized spacial score (nSPS) is 16.2. The Morgan fingerprint density at radius 1 is 0.263 bits per heavy atom. The number of aryl methyl sites for hydroxylation is 18. The lowest BCUT2D eigenvalue weighted by Crippen LogP contribution is -2.03. The second kappa shape index (κ2) is 38.3. The summed E-state index contributed by atoms with van der Waals surface area (Å²) in [6.07, 6.45) is -15.2. The van der Waals surface area contributed by atoms with Crippen LogP contribution < -0.4 is 0 Å². The smallest absolute Gasteiger partial charge is 0.0269 e. The van der Waals surface area contributed by atoms with Crippen molar-refractivity contribution in [2.24, 2.45) is 5.92 Å². The molecule has 8 aromatic rings. The van der Waals surface area contributed by atoms with Crippen LogP contribution in [0.5, 0.6) is 0 Å². The number of benzene rings is 8. The van der Waals surface area contributed by atoms with Crippen molar-refractivity contribution in [2.75, 3.05) is 0 Å². The first-order valence-electron chi connectivity index (χ1n) is 31.9. The fraction of sp³-hybridized carbons (Fsp3) is 0.368. The van der Waals surface area contributed by atoms with E-state index < -0.39 is 37.8 Å². The molecule has 0 unspecified atom stereocenters. The highest BCUT2D eigenvalue weighted by molar-refractivity contribution is 5.36. The third kappa shape index (κ3) is 31.6. The molecule has 0 heterocycles. The van der Waals surface area contributed by atoms with Crippen molar-refractivity contribution >= 4 is 0 Å². The maximum atomic E-state index is 7.72. The van der Waals surface area contributed by atoms with Crippen LogP contribution in [0.4, 0.5) is 0 Å². The minimum atomic E-state index is -3.27. The van der Waals surface area contributed by atoms with Gasteiger partial charge >= 0.3 is 0 Å². The maximum absolute atomic E-state index is 7.72. The lowest BCUT2D eigenvalue weighted by atomic mass is 9.88. The van der Waals surface area contributed by atoms with Crippen LogP contribution in [0.25, 0.3) is 0 Å². The molecule has 76 heavy (non-hydrogen) atoms. The summed E-state index contributed by atoms with van der Waals surface area (Å²) >= 11 is 0. The van der Waals surface area contributed by atoms with Gasteiger partial charge in [-0.15, -0.1) is 0 Å². The Morgan fingerprint density at radius 2 is 0.553 bits per heavy atom. The molecule has 0 aliphatic heterocycles. The van der Waals surface area contributed by atoms with Crippen LogP contribution in [0.1, 0.15) is 170 Å². The highest BCUT2D eigenvalue weighted by atomic mass is 14.2. The van der Waals surface area contributed by atoms with Crippen LogP contribution >= 0.6 is 0 Å². The van der Waals surface area contributed by atoms with Crippen molar-refractivity contribution in [1.82, 2.24) is 0 Å². The molecule has 0 radical (unpaired) electrons. The molecule has 0 N–H and O–H groups in total. The first kappa shape index (κ1) is 51.8. The quantitative estimate of drug-likeness (QED) is 0.154. The predicted octanol–water partition coefficient (Wildman–Crippen LogP) is 22.6. The second-order valence-corrected chi connectivity index (χ2v) is 20.5. The summed E-state index contributed by atoms with van der Waals surface area (Å²) < 4.78 is 76.4. The van der Waals surface area contributed by atoms with Gasteiger partial charge in [0.1, 0.15) is 0 Å². The minimum Gasteiger partial charge on any atom is -0.0651 e. The highest BCUT2D eigenvalue weighted by Crippen LogP contribution is 2.25. The summed E-state index contributed by atoms with van der Waals surface area (Å²) in [7, 11) is 0. The molecule has 408 valence electrons. The van der Waals surface area contributed by atoms with Crippen molar-refractivity contribution in [1.29, 1.82) is 0 Å². The van der Waals surface area contributed by atoms with Crippen LogP contribution in [-0.2, 0) is 0 Å². The van der Waals surface area contributed by atoms with Gasteiger partial charge in [-0.05, 0) is 200 Å². The standard InChI is InChI=1S/C10H14.3C9H12.3C8H10.C8H16.C7H8/c1-7-5-8(2)10(4)9(3)6-7;1-7-4-8(2)6-9(3)5-7;1-7-4-5-8(2)9(3)6-7;1-7-5-4-6-8(2)9(7)3;1-7-3-5-8(2)6-4-7;1-7-4-3-5-8(2)6-7;1-7-5-3-4-6-8(7)2;1-2-8-6-4-3-5-7-8;1-7-5-3-2-4-6-7/h5-6H,1-4H3;3*4-6H,1-3H3;3*3-6H,1-2H3;8H,2-7H2,1H3;2-6H,1H3/i;;;;;;;3D2,4D2,5D2,6D2,7D2;. The third-order valence-electron chi connectivity index (χ3n) is 12.8. The number of hydrogen-bond acceptors (Lipinski definition) is 0. The first-order chi connectivity index (χ1) is 39.7. The Hall–Kier alpha value is -6.24. The highest BCUT2D eigenvalue weighted by Gasteiger charge is 2.09. The molecule has 0 nitrogen and oxygen atoms in total. The Balaban J connectivity index is 0.000000492. The van der Waals surface area contributed by atoms with Crippen molar-refractivity contribution in [2.45, 2.75) is 184 Å². The van der Waals surface area contributed by atoms with Gasteiger partial charge in [0.25, 0.3) is 0 Å². The SMILES string of the molecule is Cc1cc(C)c(C)c(C)c1.Cc1cc(C)cc(C)c1.Cc1ccc(C)c(C)c1.Cc1ccc(C)cc1.Cc1cccc(C)c1.Cc1cccc(C)c1C.Cc1ccccc1.Cc1ccccc1C.[2H]C1([2H])C(CC)C([2H])([2H])C([2H])([2H])C([2H])([2H])C1([2H])[2H]. The van der Waals surface area contributed by atoms with Crippen LogP contribution in [0.15, 0.2) is 170 Å². The van der Waals surface area contributed by atoms with Gasteiger partial charge in [-0.3, -0.25) is 0 Å². The molecule has 1 fully saturated rings. The molecule has 1 saturated carbocycles. The van der Waals surface area contributed by atoms with Gasteiger partial charge in [-0.2, -0.15) is 0 Å². The predicted molar refractivity (Wildman–Crippen MR) is 343 cm³/mol. The molecule has 9 rings (SSSR count). The van der Waals surface area contributed by atoms with Crippen molar-refractivity contribution < 1.29 is 13.7 Å². The first-order valence-corrected chi connectivity index (χ1v) is 26.9. The summed E-state index contributed by atoms with van der Waals surface area (Å²) in [5, 5.41) is 0. The lowest BCUT2D eigenvalue weighted by Gasteiger charge is -2.18. The molecule has 0 atom stereocenters. The van der Waals surface area contributed by atoms with Gasteiger partial charge in [-0.25, -0.2) is 0 Å².